The number of hydrogen-bond donors (Lipinski definition) is 1. The SMILES string of the molecule is Cc1ccc(OCC(=O)Nc2ccc(CN3CCC(C)CC3)cc2)c(C)c1. The van der Waals surface area contributed by atoms with Crippen molar-refractivity contribution in [2.24, 2.45) is 5.92 Å². The van der Waals surface area contributed by atoms with Crippen LogP contribution in [0.15, 0.2) is 42.5 Å². The highest BCUT2D eigenvalue weighted by molar-refractivity contribution is 5.91. The van der Waals surface area contributed by atoms with E-state index < -0.39 is 0 Å². The van der Waals surface area contributed by atoms with Crippen molar-refractivity contribution in [2.45, 2.75) is 40.2 Å². The van der Waals surface area contributed by atoms with Crippen molar-refractivity contribution in [3.05, 3.63) is 59.2 Å². The van der Waals surface area contributed by atoms with Gasteiger partial charge in [-0.1, -0.05) is 36.8 Å². The monoisotopic (exact) mass is 366 g/mol. The Kier molecular flexibility index (Phi) is 6.51. The van der Waals surface area contributed by atoms with E-state index in [0.29, 0.717) is 0 Å². The molecule has 4 nitrogen and oxygen atoms in total. The summed E-state index contributed by atoms with van der Waals surface area (Å²) in [5.41, 5.74) is 4.32. The Labute approximate surface area is 162 Å². The Morgan fingerprint density at radius 2 is 1.81 bits per heavy atom. The molecule has 0 atom stereocenters. The van der Waals surface area contributed by atoms with E-state index in [4.69, 9.17) is 4.74 Å². The highest BCUT2D eigenvalue weighted by Gasteiger charge is 2.15. The van der Waals surface area contributed by atoms with E-state index in [1.54, 1.807) is 0 Å². The quantitative estimate of drug-likeness (QED) is 0.815. The maximum Gasteiger partial charge on any atom is 0.262 e. The van der Waals surface area contributed by atoms with Gasteiger partial charge in [0.05, 0.1) is 0 Å². The Hall–Kier alpha value is -2.33. The lowest BCUT2D eigenvalue weighted by Crippen LogP contribution is -2.32. The van der Waals surface area contributed by atoms with Crippen molar-refractivity contribution in [2.75, 3.05) is 25.0 Å². The number of anilines is 1. The second-order valence-corrected chi connectivity index (χ2v) is 7.76. The summed E-state index contributed by atoms with van der Waals surface area (Å²) in [6.07, 6.45) is 2.57. The molecule has 0 spiro atoms. The number of rotatable bonds is 6. The lowest BCUT2D eigenvalue weighted by Gasteiger charge is -2.30. The number of likely N-dealkylation sites (tertiary alicyclic amines) is 1. The number of ether oxygens (including phenoxy) is 1. The van der Waals surface area contributed by atoms with E-state index in [2.05, 4.69) is 35.3 Å². The zero-order valence-corrected chi connectivity index (χ0v) is 16.6. The first-order chi connectivity index (χ1) is 13.0. The number of amides is 1. The summed E-state index contributed by atoms with van der Waals surface area (Å²) in [7, 11) is 0. The molecule has 0 bridgehead atoms. The number of carbonyl (C=O) groups is 1. The van der Waals surface area contributed by atoms with Crippen LogP contribution in [0.2, 0.25) is 0 Å². The third-order valence-corrected chi connectivity index (χ3v) is 5.21. The third-order valence-electron chi connectivity index (χ3n) is 5.21. The second-order valence-electron chi connectivity index (χ2n) is 7.76. The predicted octanol–water partition coefficient (Wildman–Crippen LogP) is 4.55. The molecule has 0 aliphatic carbocycles. The Bertz CT molecular complexity index is 762. The maximum atomic E-state index is 12.2. The molecule has 144 valence electrons. The molecule has 1 aliphatic heterocycles. The number of aryl methyl sites for hydroxylation is 2. The molecule has 0 unspecified atom stereocenters. The topological polar surface area (TPSA) is 41.6 Å². The number of nitrogens with zero attached hydrogens (tertiary/aromatic N) is 1. The van der Waals surface area contributed by atoms with E-state index in [1.807, 2.05) is 38.1 Å². The molecule has 1 fully saturated rings. The van der Waals surface area contributed by atoms with Gasteiger partial charge in [-0.3, -0.25) is 9.69 Å². The van der Waals surface area contributed by atoms with E-state index in [0.717, 1.165) is 29.5 Å². The summed E-state index contributed by atoms with van der Waals surface area (Å²) in [5, 5.41) is 2.90. The fourth-order valence-corrected chi connectivity index (χ4v) is 3.47. The highest BCUT2D eigenvalue weighted by Crippen LogP contribution is 2.20. The van der Waals surface area contributed by atoms with E-state index in [9.17, 15) is 4.79 Å². The fourth-order valence-electron chi connectivity index (χ4n) is 3.47. The van der Waals surface area contributed by atoms with Crippen LogP contribution in [0.5, 0.6) is 5.75 Å². The number of nitrogens with one attached hydrogen (secondary N) is 1. The number of piperidine rings is 1. The van der Waals surface area contributed by atoms with Gasteiger partial charge in [0.15, 0.2) is 6.61 Å². The van der Waals surface area contributed by atoms with Crippen molar-refractivity contribution in [1.82, 2.24) is 4.90 Å². The van der Waals surface area contributed by atoms with Crippen LogP contribution >= 0.6 is 0 Å². The largest absolute Gasteiger partial charge is 0.483 e. The van der Waals surface area contributed by atoms with E-state index >= 15 is 0 Å². The molecule has 1 N–H and O–H groups in total. The summed E-state index contributed by atoms with van der Waals surface area (Å²) < 4.78 is 5.64. The second kappa shape index (κ2) is 9.05. The smallest absolute Gasteiger partial charge is 0.262 e. The zero-order chi connectivity index (χ0) is 19.2. The van der Waals surface area contributed by atoms with Crippen molar-refractivity contribution >= 4 is 11.6 Å². The van der Waals surface area contributed by atoms with Crippen LogP contribution in [0, 0.1) is 19.8 Å². The van der Waals surface area contributed by atoms with Crippen molar-refractivity contribution in [3.63, 3.8) is 0 Å². The van der Waals surface area contributed by atoms with Gasteiger partial charge in [0.2, 0.25) is 0 Å². The molecule has 1 amide bonds. The molecule has 4 heteroatoms. The molecule has 1 heterocycles. The Morgan fingerprint density at radius 3 is 2.48 bits per heavy atom. The fraction of sp³-hybridized carbons (Fsp3) is 0.435. The van der Waals surface area contributed by atoms with E-state index in [-0.39, 0.29) is 12.5 Å². The third kappa shape index (κ3) is 5.83. The molecular weight excluding hydrogens is 336 g/mol. The molecule has 27 heavy (non-hydrogen) atoms. The van der Waals surface area contributed by atoms with Crippen LogP contribution in [0.25, 0.3) is 0 Å². The van der Waals surface area contributed by atoms with Gasteiger partial charge in [0.25, 0.3) is 5.91 Å². The first kappa shape index (κ1) is 19.4. The minimum atomic E-state index is -0.146. The van der Waals surface area contributed by atoms with Crippen LogP contribution in [0.4, 0.5) is 5.69 Å². The van der Waals surface area contributed by atoms with Gasteiger partial charge in [-0.25, -0.2) is 0 Å². The van der Waals surface area contributed by atoms with Gasteiger partial charge in [-0.05, 0) is 75.0 Å². The standard InChI is InChI=1S/C23H30N2O2/c1-17-10-12-25(13-11-17)15-20-5-7-21(8-6-20)24-23(26)16-27-22-9-4-18(2)14-19(22)3/h4-9,14,17H,10-13,15-16H2,1-3H3,(H,24,26). The average Bonchev–Trinajstić information content (AvgIpc) is 2.64. The van der Waals surface area contributed by atoms with Crippen molar-refractivity contribution in [1.29, 1.82) is 0 Å². The summed E-state index contributed by atoms with van der Waals surface area (Å²) in [6, 6.07) is 14.1. The first-order valence-corrected chi connectivity index (χ1v) is 9.81. The van der Waals surface area contributed by atoms with Gasteiger partial charge in [-0.2, -0.15) is 0 Å². The summed E-state index contributed by atoms with van der Waals surface area (Å²) in [4.78, 5) is 14.7. The van der Waals surface area contributed by atoms with Crippen LogP contribution in [-0.2, 0) is 11.3 Å². The number of hydrogen-bond acceptors (Lipinski definition) is 3. The van der Waals surface area contributed by atoms with Gasteiger partial charge in [0.1, 0.15) is 5.75 Å². The number of benzene rings is 2. The van der Waals surface area contributed by atoms with Gasteiger partial charge >= 0.3 is 0 Å². The molecule has 0 radical (unpaired) electrons. The normalized spacial score (nSPS) is 15.5. The average molecular weight is 367 g/mol. The molecule has 2 aromatic carbocycles. The van der Waals surface area contributed by atoms with Crippen LogP contribution in [-0.4, -0.2) is 30.5 Å². The zero-order valence-electron chi connectivity index (χ0n) is 16.6. The van der Waals surface area contributed by atoms with Crippen LogP contribution < -0.4 is 10.1 Å². The minimum absolute atomic E-state index is 0.0115. The Morgan fingerprint density at radius 1 is 1.11 bits per heavy atom. The maximum absolute atomic E-state index is 12.2. The minimum Gasteiger partial charge on any atom is -0.483 e. The van der Waals surface area contributed by atoms with Gasteiger partial charge < -0.3 is 10.1 Å². The highest BCUT2D eigenvalue weighted by atomic mass is 16.5. The molecule has 3 rings (SSSR count). The van der Waals surface area contributed by atoms with Crippen LogP contribution in [0.1, 0.15) is 36.5 Å². The van der Waals surface area contributed by atoms with Crippen molar-refractivity contribution < 1.29 is 9.53 Å². The number of carbonyl (C=O) groups excluding carboxylic acids is 1. The van der Waals surface area contributed by atoms with Crippen LogP contribution in [0.3, 0.4) is 0 Å². The Balaban J connectivity index is 1.46. The lowest BCUT2D eigenvalue weighted by molar-refractivity contribution is -0.118. The van der Waals surface area contributed by atoms with E-state index in [1.165, 1.54) is 37.1 Å². The molecule has 2 aromatic rings. The predicted molar refractivity (Wildman–Crippen MR) is 110 cm³/mol. The molecule has 0 aromatic heterocycles. The molecule has 1 saturated heterocycles. The summed E-state index contributed by atoms with van der Waals surface area (Å²) >= 11 is 0. The van der Waals surface area contributed by atoms with Crippen molar-refractivity contribution in [3.8, 4) is 5.75 Å². The van der Waals surface area contributed by atoms with Gasteiger partial charge in [-0.15, -0.1) is 0 Å². The molecular formula is C23H30N2O2. The summed E-state index contributed by atoms with van der Waals surface area (Å²) in [5.74, 6) is 1.46. The lowest BCUT2D eigenvalue weighted by atomic mass is 9.99. The molecule has 1 aliphatic rings. The molecule has 0 saturated carbocycles. The summed E-state index contributed by atoms with van der Waals surface area (Å²) in [6.45, 7) is 9.71. The van der Waals surface area contributed by atoms with Gasteiger partial charge in [0, 0.05) is 12.2 Å². The first-order valence-electron chi connectivity index (χ1n) is 9.81.